The van der Waals surface area contributed by atoms with Gasteiger partial charge >= 0.3 is 0 Å². The molecule has 5 heteroatoms. The molecule has 0 aliphatic heterocycles. The van der Waals surface area contributed by atoms with E-state index in [1.54, 1.807) is 25.6 Å². The highest BCUT2D eigenvalue weighted by Crippen LogP contribution is 2.39. The summed E-state index contributed by atoms with van der Waals surface area (Å²) in [5.41, 5.74) is 2.10. The Morgan fingerprint density at radius 1 is 1.25 bits per heavy atom. The van der Waals surface area contributed by atoms with Gasteiger partial charge in [0.1, 0.15) is 11.5 Å². The number of hydrogen-bond acceptors (Lipinski definition) is 4. The Kier molecular flexibility index (Phi) is 4.91. The number of aryl methyl sites for hydroxylation is 1. The molecule has 1 aromatic heterocycles. The molecule has 0 aliphatic rings. The summed E-state index contributed by atoms with van der Waals surface area (Å²) in [5.74, 6) is 1.61. The Hall–Kier alpha value is -1.23. The van der Waals surface area contributed by atoms with Crippen LogP contribution < -0.4 is 14.8 Å². The van der Waals surface area contributed by atoms with E-state index in [0.717, 1.165) is 32.5 Å². The second kappa shape index (κ2) is 6.48. The van der Waals surface area contributed by atoms with Gasteiger partial charge in [-0.15, -0.1) is 11.3 Å². The number of benzene rings is 1. The molecule has 0 saturated heterocycles. The minimum atomic E-state index is -0.0220. The summed E-state index contributed by atoms with van der Waals surface area (Å²) in [6, 6.07) is 5.75. The van der Waals surface area contributed by atoms with Crippen LogP contribution in [0.3, 0.4) is 0 Å². The predicted molar refractivity (Wildman–Crippen MR) is 84.5 cm³/mol. The minimum Gasteiger partial charge on any atom is -0.497 e. The maximum absolute atomic E-state index is 6.40. The largest absolute Gasteiger partial charge is 0.497 e. The molecule has 1 heterocycles. The molecule has 0 bridgehead atoms. The number of nitrogens with one attached hydrogen (secondary N) is 1. The Bertz CT molecular complexity index is 598. The number of methoxy groups -OCH3 is 2. The van der Waals surface area contributed by atoms with Gasteiger partial charge in [-0.2, -0.15) is 0 Å². The number of thiophene rings is 1. The third-order valence-electron chi connectivity index (χ3n) is 3.22. The zero-order chi connectivity index (χ0) is 14.7. The minimum absolute atomic E-state index is 0.0220. The first kappa shape index (κ1) is 15.2. The van der Waals surface area contributed by atoms with Gasteiger partial charge in [-0.3, -0.25) is 0 Å². The fourth-order valence-electron chi connectivity index (χ4n) is 2.14. The van der Waals surface area contributed by atoms with Gasteiger partial charge in [0.2, 0.25) is 0 Å². The van der Waals surface area contributed by atoms with Crippen LogP contribution in [0.1, 0.15) is 22.0 Å². The maximum atomic E-state index is 6.40. The van der Waals surface area contributed by atoms with Gasteiger partial charge in [0.25, 0.3) is 0 Å². The average molecular weight is 312 g/mol. The van der Waals surface area contributed by atoms with Crippen molar-refractivity contribution in [3.05, 3.63) is 44.6 Å². The molecule has 0 saturated carbocycles. The number of halogens is 1. The van der Waals surface area contributed by atoms with Gasteiger partial charge in [-0.1, -0.05) is 11.6 Å². The van der Waals surface area contributed by atoms with E-state index in [2.05, 4.69) is 10.7 Å². The number of rotatable bonds is 5. The van der Waals surface area contributed by atoms with Gasteiger partial charge in [-0.25, -0.2) is 0 Å². The van der Waals surface area contributed by atoms with E-state index < -0.39 is 0 Å². The number of ether oxygens (including phenoxy) is 2. The molecule has 2 aromatic rings. The first-order valence-corrected chi connectivity index (χ1v) is 7.50. The molecule has 0 fully saturated rings. The van der Waals surface area contributed by atoms with Crippen LogP contribution in [0.25, 0.3) is 0 Å². The summed E-state index contributed by atoms with van der Waals surface area (Å²) in [6.07, 6.45) is 0. The van der Waals surface area contributed by atoms with Crippen LogP contribution in [0.2, 0.25) is 5.02 Å². The van der Waals surface area contributed by atoms with Crippen LogP contribution in [0.4, 0.5) is 0 Å². The van der Waals surface area contributed by atoms with Crippen LogP contribution in [0.15, 0.2) is 23.6 Å². The molecular formula is C15H18ClNO2S. The highest BCUT2D eigenvalue weighted by atomic mass is 35.5. The molecule has 0 spiro atoms. The molecule has 1 unspecified atom stereocenters. The summed E-state index contributed by atoms with van der Waals surface area (Å²) in [5, 5.41) is 6.17. The Labute approximate surface area is 128 Å². The van der Waals surface area contributed by atoms with Gasteiger partial charge in [0.15, 0.2) is 0 Å². The molecule has 20 heavy (non-hydrogen) atoms. The third kappa shape index (κ3) is 2.77. The van der Waals surface area contributed by atoms with E-state index in [1.807, 2.05) is 32.2 Å². The SMILES string of the molecule is CNC(c1cc(OC)ccc1OC)c1scc(C)c1Cl. The smallest absolute Gasteiger partial charge is 0.124 e. The van der Waals surface area contributed by atoms with Crippen LogP contribution in [0.5, 0.6) is 11.5 Å². The molecule has 108 valence electrons. The summed E-state index contributed by atoms with van der Waals surface area (Å²) in [6.45, 7) is 2.01. The Morgan fingerprint density at radius 3 is 2.50 bits per heavy atom. The van der Waals surface area contributed by atoms with E-state index in [0.29, 0.717) is 0 Å². The molecular weight excluding hydrogens is 294 g/mol. The van der Waals surface area contributed by atoms with Crippen molar-refractivity contribution in [2.24, 2.45) is 0 Å². The monoisotopic (exact) mass is 311 g/mol. The molecule has 2 rings (SSSR count). The highest BCUT2D eigenvalue weighted by molar-refractivity contribution is 7.10. The quantitative estimate of drug-likeness (QED) is 0.904. The summed E-state index contributed by atoms with van der Waals surface area (Å²) < 4.78 is 10.8. The zero-order valence-corrected chi connectivity index (χ0v) is 13.6. The van der Waals surface area contributed by atoms with Crippen molar-refractivity contribution in [2.75, 3.05) is 21.3 Å². The lowest BCUT2D eigenvalue weighted by molar-refractivity contribution is 0.395. The molecule has 0 radical (unpaired) electrons. The van der Waals surface area contributed by atoms with Crippen LogP contribution in [-0.4, -0.2) is 21.3 Å². The van der Waals surface area contributed by atoms with Gasteiger partial charge < -0.3 is 14.8 Å². The Morgan fingerprint density at radius 2 is 2.00 bits per heavy atom. The second-order valence-electron chi connectivity index (χ2n) is 4.43. The topological polar surface area (TPSA) is 30.5 Å². The first-order valence-electron chi connectivity index (χ1n) is 6.25. The summed E-state index contributed by atoms with van der Waals surface area (Å²) in [4.78, 5) is 1.08. The van der Waals surface area contributed by atoms with Crippen molar-refractivity contribution in [2.45, 2.75) is 13.0 Å². The van der Waals surface area contributed by atoms with E-state index in [9.17, 15) is 0 Å². The van der Waals surface area contributed by atoms with Crippen molar-refractivity contribution in [1.29, 1.82) is 0 Å². The van der Waals surface area contributed by atoms with Crippen molar-refractivity contribution < 1.29 is 9.47 Å². The molecule has 1 N–H and O–H groups in total. The lowest BCUT2D eigenvalue weighted by Crippen LogP contribution is -2.17. The van der Waals surface area contributed by atoms with Crippen molar-refractivity contribution >= 4 is 22.9 Å². The number of hydrogen-bond donors (Lipinski definition) is 1. The van der Waals surface area contributed by atoms with Crippen LogP contribution >= 0.6 is 22.9 Å². The summed E-state index contributed by atoms with van der Waals surface area (Å²) in [7, 11) is 5.23. The highest BCUT2D eigenvalue weighted by Gasteiger charge is 2.22. The molecule has 0 aliphatic carbocycles. The fourth-order valence-corrected chi connectivity index (χ4v) is 3.57. The first-order chi connectivity index (χ1) is 9.62. The lowest BCUT2D eigenvalue weighted by atomic mass is 10.0. The normalized spacial score (nSPS) is 12.2. The fraction of sp³-hybridized carbons (Fsp3) is 0.333. The third-order valence-corrected chi connectivity index (χ3v) is 5.00. The molecule has 0 amide bonds. The van der Waals surface area contributed by atoms with Crippen molar-refractivity contribution in [3.8, 4) is 11.5 Å². The van der Waals surface area contributed by atoms with E-state index in [4.69, 9.17) is 21.1 Å². The standard InChI is InChI=1S/C15H18ClNO2S/c1-9-8-20-15(13(9)16)14(17-2)11-7-10(18-3)5-6-12(11)19-4/h5-8,14,17H,1-4H3. The zero-order valence-electron chi connectivity index (χ0n) is 12.0. The molecule has 1 atom stereocenters. The van der Waals surface area contributed by atoms with E-state index >= 15 is 0 Å². The van der Waals surface area contributed by atoms with Gasteiger partial charge in [0.05, 0.1) is 25.3 Å². The molecule has 1 aromatic carbocycles. The second-order valence-corrected chi connectivity index (χ2v) is 5.72. The van der Waals surface area contributed by atoms with Gasteiger partial charge in [0, 0.05) is 10.4 Å². The summed E-state index contributed by atoms with van der Waals surface area (Å²) >= 11 is 8.05. The van der Waals surface area contributed by atoms with Crippen LogP contribution in [-0.2, 0) is 0 Å². The van der Waals surface area contributed by atoms with E-state index in [1.165, 1.54) is 0 Å². The van der Waals surface area contributed by atoms with Gasteiger partial charge in [-0.05, 0) is 43.1 Å². The van der Waals surface area contributed by atoms with Crippen molar-refractivity contribution in [1.82, 2.24) is 5.32 Å². The predicted octanol–water partition coefficient (Wildman–Crippen LogP) is 4.04. The lowest BCUT2D eigenvalue weighted by Gasteiger charge is -2.19. The maximum Gasteiger partial charge on any atom is 0.124 e. The van der Waals surface area contributed by atoms with Crippen molar-refractivity contribution in [3.63, 3.8) is 0 Å². The average Bonchev–Trinajstić information content (AvgIpc) is 2.80. The molecule has 3 nitrogen and oxygen atoms in total. The van der Waals surface area contributed by atoms with E-state index in [-0.39, 0.29) is 6.04 Å². The Balaban J connectivity index is 2.53. The van der Waals surface area contributed by atoms with Crippen LogP contribution in [0, 0.1) is 6.92 Å².